The van der Waals surface area contributed by atoms with Gasteiger partial charge in [-0.25, -0.2) is 4.57 Å². The van der Waals surface area contributed by atoms with E-state index in [0.29, 0.717) is 6.17 Å². The van der Waals surface area contributed by atoms with Crippen LogP contribution in [0.1, 0.15) is 13.8 Å². The van der Waals surface area contributed by atoms with Crippen LogP contribution in [-0.2, 0) is 13.6 Å². The van der Waals surface area contributed by atoms with Gasteiger partial charge in [-0.05, 0) is 27.9 Å². The van der Waals surface area contributed by atoms with Crippen molar-refractivity contribution in [3.05, 3.63) is 0 Å². The fourth-order valence-electron chi connectivity index (χ4n) is 1.45. The summed E-state index contributed by atoms with van der Waals surface area (Å²) < 4.78 is 18.0. The molecule has 1 N–H and O–H groups in total. The normalized spacial score (nSPS) is 27.7. The molecule has 0 spiro atoms. The summed E-state index contributed by atoms with van der Waals surface area (Å²) in [5, 5.41) is 0. The van der Waals surface area contributed by atoms with Gasteiger partial charge in [-0.3, -0.25) is 18.8 Å². The first-order valence-corrected chi connectivity index (χ1v) is 6.61. The van der Waals surface area contributed by atoms with Crippen LogP contribution in [0.2, 0.25) is 0 Å². The van der Waals surface area contributed by atoms with Crippen LogP contribution in [0.5, 0.6) is 0 Å². The molecule has 6 nitrogen and oxygen atoms in total. The van der Waals surface area contributed by atoms with Crippen molar-refractivity contribution in [3.8, 4) is 0 Å². The monoisotopic (exact) mass is 254 g/mol. The van der Waals surface area contributed by atoms with Gasteiger partial charge in [0, 0.05) is 26.8 Å². The third-order valence-corrected chi connectivity index (χ3v) is 3.86. The summed E-state index contributed by atoms with van der Waals surface area (Å²) >= 11 is 0. The largest absolute Gasteiger partial charge is 0.471 e. The van der Waals surface area contributed by atoms with Gasteiger partial charge in [-0.15, -0.1) is 0 Å². The highest BCUT2D eigenvalue weighted by atomic mass is 31.2. The molecule has 0 radical (unpaired) electrons. The molecule has 1 fully saturated rings. The maximum absolute atomic E-state index is 10.1. The second kappa shape index (κ2) is 6.69. The summed E-state index contributed by atoms with van der Waals surface area (Å²) in [6, 6.07) is 0.727. The molecule has 0 aliphatic carbocycles. The summed E-state index contributed by atoms with van der Waals surface area (Å²) in [7, 11) is 2.90. The Kier molecular flexibility index (Phi) is 6.70. The van der Waals surface area contributed by atoms with Crippen LogP contribution in [-0.4, -0.2) is 61.8 Å². The average Bonchev–Trinajstić information content (AvgIpc) is 2.47. The lowest BCUT2D eigenvalue weighted by molar-refractivity contribution is 0.192. The molecule has 2 unspecified atom stereocenters. The van der Waals surface area contributed by atoms with E-state index in [1.807, 2.05) is 0 Å². The first kappa shape index (κ1) is 16.0. The fourth-order valence-corrected chi connectivity index (χ4v) is 1.60. The van der Waals surface area contributed by atoms with E-state index in [9.17, 15) is 4.57 Å². The van der Waals surface area contributed by atoms with Gasteiger partial charge in [0.05, 0.1) is 6.17 Å². The summed E-state index contributed by atoms with van der Waals surface area (Å²) in [5.41, 5.74) is 0. The van der Waals surface area contributed by atoms with Crippen molar-refractivity contribution in [1.82, 2.24) is 9.80 Å². The summed E-state index contributed by atoms with van der Waals surface area (Å²) in [4.78, 5) is 13.0. The van der Waals surface area contributed by atoms with Crippen molar-refractivity contribution in [2.45, 2.75) is 26.1 Å². The topological polar surface area (TPSA) is 62.2 Å². The first-order chi connectivity index (χ1) is 7.25. The lowest BCUT2D eigenvalue weighted by Crippen LogP contribution is -2.32. The van der Waals surface area contributed by atoms with E-state index in [-0.39, 0.29) is 0 Å². The van der Waals surface area contributed by atoms with E-state index >= 15 is 0 Å². The summed E-state index contributed by atoms with van der Waals surface area (Å²) in [5.74, 6) is 0. The molecule has 0 amide bonds. The van der Waals surface area contributed by atoms with Gasteiger partial charge in [0.1, 0.15) is 0 Å². The van der Waals surface area contributed by atoms with Gasteiger partial charge in [-0.1, -0.05) is 0 Å². The first-order valence-electron chi connectivity index (χ1n) is 5.11. The maximum atomic E-state index is 10.1. The maximum Gasteiger partial charge on any atom is 0.471 e. The number of hydrogen-bond acceptors (Lipinski definition) is 5. The Morgan fingerprint density at radius 2 is 1.69 bits per heavy atom. The molecule has 0 aromatic carbocycles. The lowest BCUT2D eigenvalue weighted by Gasteiger charge is -2.21. The molecule has 0 saturated carbocycles. The molecule has 2 atom stereocenters. The van der Waals surface area contributed by atoms with Crippen molar-refractivity contribution in [2.75, 3.05) is 34.9 Å². The highest BCUT2D eigenvalue weighted by Crippen LogP contribution is 2.40. The molecule has 16 heavy (non-hydrogen) atoms. The van der Waals surface area contributed by atoms with Crippen LogP contribution in [0, 0.1) is 0 Å². The van der Waals surface area contributed by atoms with Crippen molar-refractivity contribution < 1.29 is 18.5 Å². The summed E-state index contributed by atoms with van der Waals surface area (Å²) in [6.07, 6.45) is 0.625. The summed E-state index contributed by atoms with van der Waals surface area (Å²) in [6.45, 7) is 5.71. The Balaban J connectivity index is 0.000000293. The Hall–Kier alpha value is 0.0300. The van der Waals surface area contributed by atoms with Gasteiger partial charge in [0.25, 0.3) is 0 Å². The van der Waals surface area contributed by atoms with E-state index in [4.69, 9.17) is 4.89 Å². The quantitative estimate of drug-likeness (QED) is 0.741. The van der Waals surface area contributed by atoms with E-state index < -0.39 is 7.82 Å². The SMILES string of the molecule is CC1CN(C)C(C)N1C.COP(=O)(O)OC. The number of phosphoric acid groups is 1. The zero-order chi connectivity index (χ0) is 12.9. The second-order valence-electron chi connectivity index (χ2n) is 3.92. The molecule has 1 heterocycles. The predicted molar refractivity (Wildman–Crippen MR) is 63.2 cm³/mol. The average molecular weight is 254 g/mol. The number of likely N-dealkylation sites (N-methyl/N-ethyl adjacent to an activating group) is 2. The minimum atomic E-state index is -3.65. The smallest absolute Gasteiger partial charge is 0.303 e. The van der Waals surface area contributed by atoms with Crippen LogP contribution in [0.3, 0.4) is 0 Å². The van der Waals surface area contributed by atoms with E-state index in [1.54, 1.807) is 0 Å². The molecule has 1 aliphatic heterocycles. The Labute approximate surface area is 97.7 Å². The minimum Gasteiger partial charge on any atom is -0.303 e. The van der Waals surface area contributed by atoms with Gasteiger partial charge in [-0.2, -0.15) is 0 Å². The molecule has 1 rings (SSSR count). The third-order valence-electron chi connectivity index (χ3n) is 2.94. The van der Waals surface area contributed by atoms with Crippen molar-refractivity contribution in [1.29, 1.82) is 0 Å². The van der Waals surface area contributed by atoms with E-state index in [1.165, 1.54) is 6.54 Å². The highest BCUT2D eigenvalue weighted by molar-refractivity contribution is 7.47. The highest BCUT2D eigenvalue weighted by Gasteiger charge is 2.27. The second-order valence-corrected chi connectivity index (χ2v) is 5.59. The van der Waals surface area contributed by atoms with Crippen molar-refractivity contribution >= 4 is 7.82 Å². The Morgan fingerprint density at radius 1 is 1.25 bits per heavy atom. The molecule has 98 valence electrons. The van der Waals surface area contributed by atoms with Crippen LogP contribution in [0.25, 0.3) is 0 Å². The minimum absolute atomic E-state index is 0.625. The standard InChI is InChI=1S/C7H16N2.C2H7O4P/c1-6-5-8(3)7(2)9(6)4;1-5-7(3,4)6-2/h6-7H,5H2,1-4H3;1-2H3,(H,3,4). The van der Waals surface area contributed by atoms with Gasteiger partial charge in [0.15, 0.2) is 0 Å². The number of hydrogen-bond donors (Lipinski definition) is 1. The molecule has 1 aliphatic rings. The van der Waals surface area contributed by atoms with Crippen LogP contribution >= 0.6 is 7.82 Å². The van der Waals surface area contributed by atoms with Gasteiger partial charge >= 0.3 is 7.82 Å². The predicted octanol–water partition coefficient (Wildman–Crippen LogP) is 0.978. The third kappa shape index (κ3) is 4.91. The molecular formula is C9H23N2O4P. The van der Waals surface area contributed by atoms with E-state index in [2.05, 4.69) is 46.8 Å². The van der Waals surface area contributed by atoms with Gasteiger partial charge in [0.2, 0.25) is 0 Å². The molecule has 0 aromatic rings. The Bertz CT molecular complexity index is 232. The molecule has 1 saturated heterocycles. The van der Waals surface area contributed by atoms with Gasteiger partial charge < -0.3 is 4.89 Å². The van der Waals surface area contributed by atoms with Crippen LogP contribution in [0.4, 0.5) is 0 Å². The number of phosphoric ester groups is 1. The van der Waals surface area contributed by atoms with Crippen molar-refractivity contribution in [3.63, 3.8) is 0 Å². The number of rotatable bonds is 2. The zero-order valence-electron chi connectivity index (χ0n) is 10.9. The Morgan fingerprint density at radius 3 is 1.75 bits per heavy atom. The van der Waals surface area contributed by atoms with Crippen LogP contribution in [0.15, 0.2) is 0 Å². The van der Waals surface area contributed by atoms with E-state index in [0.717, 1.165) is 20.3 Å². The van der Waals surface area contributed by atoms with Crippen LogP contribution < -0.4 is 0 Å². The number of nitrogens with zero attached hydrogens (tertiary/aromatic N) is 2. The zero-order valence-corrected chi connectivity index (χ0v) is 11.8. The molecular weight excluding hydrogens is 231 g/mol. The molecule has 0 bridgehead atoms. The fraction of sp³-hybridized carbons (Fsp3) is 1.00. The van der Waals surface area contributed by atoms with Crippen molar-refractivity contribution in [2.24, 2.45) is 0 Å². The molecule has 0 aromatic heterocycles. The lowest BCUT2D eigenvalue weighted by atomic mass is 10.3. The molecule has 7 heteroatoms.